The molecule has 0 spiro atoms. The zero-order valence-electron chi connectivity index (χ0n) is 18.2. The number of thiophene rings is 1. The smallest absolute Gasteiger partial charge is 0.332 e. The van der Waals surface area contributed by atoms with Gasteiger partial charge in [-0.3, -0.25) is 18.7 Å². The minimum absolute atomic E-state index is 0.0766. The van der Waals surface area contributed by atoms with Crippen molar-refractivity contribution in [2.24, 2.45) is 0 Å². The molecule has 5 aromatic rings. The first-order chi connectivity index (χ1) is 16.9. The van der Waals surface area contributed by atoms with E-state index < -0.39 is 23.0 Å². The summed E-state index contributed by atoms with van der Waals surface area (Å²) in [5, 5.41) is 3.33. The molecule has 0 saturated heterocycles. The van der Waals surface area contributed by atoms with Crippen LogP contribution < -0.4 is 16.6 Å². The van der Waals surface area contributed by atoms with E-state index >= 15 is 0 Å². The number of carbonyl (C=O) groups is 1. The lowest BCUT2D eigenvalue weighted by Crippen LogP contribution is -2.42. The number of nitrogens with one attached hydrogen (secondary N) is 1. The lowest BCUT2D eigenvalue weighted by atomic mass is 10.2. The Labute approximate surface area is 200 Å². The molecule has 3 heterocycles. The van der Waals surface area contributed by atoms with E-state index in [-0.39, 0.29) is 25.5 Å². The van der Waals surface area contributed by atoms with Crippen molar-refractivity contribution in [3.8, 4) is 0 Å². The van der Waals surface area contributed by atoms with E-state index in [9.17, 15) is 23.2 Å². The van der Waals surface area contributed by atoms with Crippen molar-refractivity contribution in [1.29, 1.82) is 0 Å². The van der Waals surface area contributed by atoms with Gasteiger partial charge < -0.3 is 5.32 Å². The van der Waals surface area contributed by atoms with E-state index in [4.69, 9.17) is 0 Å². The summed E-state index contributed by atoms with van der Waals surface area (Å²) >= 11 is 1.15. The van der Waals surface area contributed by atoms with Crippen LogP contribution in [-0.4, -0.2) is 20.0 Å². The van der Waals surface area contributed by atoms with Gasteiger partial charge in [-0.2, -0.15) is 0 Å². The third-order valence-corrected chi connectivity index (χ3v) is 6.66. The molecule has 7 nitrogen and oxygen atoms in total. The Morgan fingerprint density at radius 3 is 2.26 bits per heavy atom. The van der Waals surface area contributed by atoms with Crippen LogP contribution in [0.15, 0.2) is 76.4 Å². The second-order valence-electron chi connectivity index (χ2n) is 7.93. The average Bonchev–Trinajstić information content (AvgIpc) is 3.25. The zero-order valence-corrected chi connectivity index (χ0v) is 19.0. The van der Waals surface area contributed by atoms with Crippen LogP contribution in [0.3, 0.4) is 0 Å². The summed E-state index contributed by atoms with van der Waals surface area (Å²) in [7, 11) is 0. The molecule has 10 heteroatoms. The minimum atomic E-state index is -0.660. The van der Waals surface area contributed by atoms with E-state index in [1.807, 2.05) is 0 Å². The summed E-state index contributed by atoms with van der Waals surface area (Å²) in [6, 6.07) is 14.7. The third-order valence-electron chi connectivity index (χ3n) is 5.57. The van der Waals surface area contributed by atoms with E-state index in [0.29, 0.717) is 31.6 Å². The largest absolute Gasteiger partial charge is 0.350 e. The van der Waals surface area contributed by atoms with Crippen LogP contribution >= 0.6 is 11.3 Å². The van der Waals surface area contributed by atoms with Gasteiger partial charge in [0.2, 0.25) is 5.91 Å². The molecule has 1 amide bonds. The Morgan fingerprint density at radius 2 is 1.57 bits per heavy atom. The van der Waals surface area contributed by atoms with Crippen molar-refractivity contribution < 1.29 is 13.6 Å². The number of pyridine rings is 1. The zero-order chi connectivity index (χ0) is 24.5. The summed E-state index contributed by atoms with van der Waals surface area (Å²) in [6.45, 7) is -0.258. The topological polar surface area (TPSA) is 86.0 Å². The SMILES string of the molecule is O=C(Cn1c(=O)n(Cc2ccc(F)cc2)c(=O)c2sc3ncccc3c21)NCc1ccc(F)cc1. The Kier molecular flexibility index (Phi) is 5.96. The first-order valence-corrected chi connectivity index (χ1v) is 11.5. The molecule has 0 bridgehead atoms. The first kappa shape index (κ1) is 22.6. The summed E-state index contributed by atoms with van der Waals surface area (Å²) in [5.74, 6) is -1.26. The highest BCUT2D eigenvalue weighted by atomic mass is 32.1. The number of aromatic nitrogens is 3. The van der Waals surface area contributed by atoms with Crippen LogP contribution in [0.4, 0.5) is 8.78 Å². The quantitative estimate of drug-likeness (QED) is 0.394. The van der Waals surface area contributed by atoms with Gasteiger partial charge >= 0.3 is 5.69 Å². The predicted molar refractivity (Wildman–Crippen MR) is 129 cm³/mol. The van der Waals surface area contributed by atoms with Gasteiger partial charge in [-0.1, -0.05) is 24.3 Å². The molecular weight excluding hydrogens is 474 g/mol. The monoisotopic (exact) mass is 492 g/mol. The van der Waals surface area contributed by atoms with E-state index in [1.165, 1.54) is 41.0 Å². The van der Waals surface area contributed by atoms with E-state index in [1.54, 1.807) is 30.5 Å². The highest BCUT2D eigenvalue weighted by Crippen LogP contribution is 2.29. The van der Waals surface area contributed by atoms with Gasteiger partial charge in [0.15, 0.2) is 0 Å². The van der Waals surface area contributed by atoms with Crippen molar-refractivity contribution in [3.63, 3.8) is 0 Å². The molecule has 0 saturated carbocycles. The van der Waals surface area contributed by atoms with Gasteiger partial charge in [0, 0.05) is 18.1 Å². The predicted octanol–water partition coefficient (Wildman–Crippen LogP) is 3.42. The summed E-state index contributed by atoms with van der Waals surface area (Å²) in [4.78, 5) is 44.5. The van der Waals surface area contributed by atoms with Crippen molar-refractivity contribution in [2.75, 3.05) is 0 Å². The van der Waals surface area contributed by atoms with Crippen LogP contribution in [0.1, 0.15) is 11.1 Å². The third kappa shape index (κ3) is 4.47. The molecule has 35 heavy (non-hydrogen) atoms. The van der Waals surface area contributed by atoms with Gasteiger partial charge in [-0.25, -0.2) is 18.6 Å². The number of hydrogen-bond donors (Lipinski definition) is 1. The second kappa shape index (κ2) is 9.22. The number of nitrogens with zero attached hydrogens (tertiary/aromatic N) is 3. The maximum Gasteiger partial charge on any atom is 0.332 e. The van der Waals surface area contributed by atoms with Crippen LogP contribution in [0.5, 0.6) is 0 Å². The lowest BCUT2D eigenvalue weighted by Gasteiger charge is -2.13. The number of carbonyl (C=O) groups excluding carboxylic acids is 1. The number of benzene rings is 2. The van der Waals surface area contributed by atoms with Gasteiger partial charge in [0.1, 0.15) is 27.7 Å². The summed E-state index contributed by atoms with van der Waals surface area (Å²) in [5.41, 5.74) is 0.452. The maximum absolute atomic E-state index is 13.5. The molecule has 176 valence electrons. The van der Waals surface area contributed by atoms with Crippen LogP contribution in [0.2, 0.25) is 0 Å². The number of amides is 1. The average molecular weight is 493 g/mol. The van der Waals surface area contributed by atoms with Gasteiger partial charge in [0.05, 0.1) is 12.1 Å². The molecular formula is C25H18F2N4O3S. The Hall–Kier alpha value is -4.18. The number of rotatable bonds is 6. The van der Waals surface area contributed by atoms with Crippen LogP contribution in [0.25, 0.3) is 20.4 Å². The van der Waals surface area contributed by atoms with Crippen molar-refractivity contribution in [1.82, 2.24) is 19.4 Å². The molecule has 0 unspecified atom stereocenters. The molecule has 2 aromatic carbocycles. The normalized spacial score (nSPS) is 11.3. The van der Waals surface area contributed by atoms with Gasteiger partial charge in [0.25, 0.3) is 5.56 Å². The Bertz CT molecular complexity index is 1670. The van der Waals surface area contributed by atoms with Crippen LogP contribution in [0, 0.1) is 11.6 Å². The summed E-state index contributed by atoms with van der Waals surface area (Å²) < 4.78 is 29.1. The minimum Gasteiger partial charge on any atom is -0.350 e. The lowest BCUT2D eigenvalue weighted by molar-refractivity contribution is -0.121. The summed E-state index contributed by atoms with van der Waals surface area (Å²) in [6.07, 6.45) is 1.59. The molecule has 5 rings (SSSR count). The fraction of sp³-hybridized carbons (Fsp3) is 0.120. The molecule has 3 aromatic heterocycles. The van der Waals surface area contributed by atoms with Crippen LogP contribution in [-0.2, 0) is 24.4 Å². The molecule has 0 aliphatic heterocycles. The maximum atomic E-state index is 13.5. The number of halogens is 2. The first-order valence-electron chi connectivity index (χ1n) is 10.7. The molecule has 0 atom stereocenters. The molecule has 0 aliphatic rings. The van der Waals surface area contributed by atoms with Gasteiger partial charge in [-0.05, 0) is 47.5 Å². The molecule has 1 N–H and O–H groups in total. The highest BCUT2D eigenvalue weighted by molar-refractivity contribution is 7.25. The van der Waals surface area contributed by atoms with Crippen molar-refractivity contribution in [3.05, 3.63) is 110 Å². The Morgan fingerprint density at radius 1 is 0.914 bits per heavy atom. The molecule has 0 fully saturated rings. The Balaban J connectivity index is 1.56. The molecule has 0 aliphatic carbocycles. The van der Waals surface area contributed by atoms with E-state index in [0.717, 1.165) is 15.9 Å². The molecule has 0 radical (unpaired) electrons. The fourth-order valence-corrected chi connectivity index (χ4v) is 4.94. The highest BCUT2D eigenvalue weighted by Gasteiger charge is 2.20. The van der Waals surface area contributed by atoms with E-state index in [2.05, 4.69) is 10.3 Å². The standard InChI is InChI=1S/C25H18F2N4O3S/c26-17-7-3-15(4-8-17)12-29-20(32)14-30-21-19-2-1-11-28-23(19)35-22(21)24(33)31(25(30)34)13-16-5-9-18(27)10-6-16/h1-11H,12-14H2,(H,29,32). The fourth-order valence-electron chi connectivity index (χ4n) is 3.84. The van der Waals surface area contributed by atoms with Crippen molar-refractivity contribution in [2.45, 2.75) is 19.6 Å². The number of hydrogen-bond acceptors (Lipinski definition) is 5. The second-order valence-corrected chi connectivity index (χ2v) is 8.92. The van der Waals surface area contributed by atoms with Gasteiger partial charge in [-0.15, -0.1) is 11.3 Å². The van der Waals surface area contributed by atoms with Crippen molar-refractivity contribution >= 4 is 37.7 Å². The number of fused-ring (bicyclic) bond motifs is 3.